The van der Waals surface area contributed by atoms with Crippen LogP contribution in [-0.4, -0.2) is 25.6 Å². The first-order chi connectivity index (χ1) is 12.0. The Balaban J connectivity index is 2.09. The summed E-state index contributed by atoms with van der Waals surface area (Å²) < 4.78 is 23.9. The van der Waals surface area contributed by atoms with Crippen molar-refractivity contribution >= 4 is 23.6 Å². The van der Waals surface area contributed by atoms with Crippen LogP contribution in [0.25, 0.3) is 6.08 Å². The van der Waals surface area contributed by atoms with Gasteiger partial charge in [-0.3, -0.25) is 4.79 Å². The lowest BCUT2D eigenvalue weighted by Crippen LogP contribution is -2.10. The zero-order valence-electron chi connectivity index (χ0n) is 13.9. The van der Waals surface area contributed by atoms with Gasteiger partial charge in [0.15, 0.2) is 0 Å². The highest BCUT2D eigenvalue weighted by molar-refractivity contribution is 6.02. The molecule has 0 heterocycles. The average molecular weight is 343 g/mol. The normalized spacial score (nSPS) is 10.5. The number of nitrogens with one attached hydrogen (secondary N) is 1. The van der Waals surface area contributed by atoms with E-state index in [0.717, 1.165) is 11.6 Å². The highest BCUT2D eigenvalue weighted by Crippen LogP contribution is 2.20. The van der Waals surface area contributed by atoms with Gasteiger partial charge in [0, 0.05) is 11.6 Å². The third-order valence-electron chi connectivity index (χ3n) is 3.28. The molecular weight excluding hydrogens is 325 g/mol. The molecule has 0 bridgehead atoms. The third-order valence-corrected chi connectivity index (χ3v) is 3.28. The van der Waals surface area contributed by atoms with E-state index < -0.39 is 17.7 Å². The van der Waals surface area contributed by atoms with Gasteiger partial charge in [0.1, 0.15) is 11.6 Å². The first-order valence-electron chi connectivity index (χ1n) is 7.64. The number of rotatable bonds is 6. The number of para-hydroxylation sites is 1. The van der Waals surface area contributed by atoms with Crippen LogP contribution < -0.4 is 10.1 Å². The summed E-state index contributed by atoms with van der Waals surface area (Å²) in [5.41, 5.74) is 0.778. The molecule has 0 aliphatic heterocycles. The molecule has 0 radical (unpaired) electrons. The number of hydrogen-bond acceptors (Lipinski definition) is 4. The van der Waals surface area contributed by atoms with E-state index in [-0.39, 0.29) is 11.3 Å². The van der Waals surface area contributed by atoms with Gasteiger partial charge in [0.2, 0.25) is 5.91 Å². The number of esters is 1. The monoisotopic (exact) mass is 343 g/mol. The summed E-state index contributed by atoms with van der Waals surface area (Å²) in [6.07, 6.45) is 2.87. The van der Waals surface area contributed by atoms with Crippen LogP contribution >= 0.6 is 0 Å². The van der Waals surface area contributed by atoms with E-state index in [1.54, 1.807) is 18.2 Å². The van der Waals surface area contributed by atoms with Crippen LogP contribution in [-0.2, 0) is 9.53 Å². The molecule has 0 aromatic heterocycles. The minimum absolute atomic E-state index is 0.0274. The van der Waals surface area contributed by atoms with Crippen LogP contribution in [0.15, 0.2) is 48.5 Å². The molecule has 2 aromatic carbocycles. The summed E-state index contributed by atoms with van der Waals surface area (Å²) in [4.78, 5) is 23.3. The molecule has 25 heavy (non-hydrogen) atoms. The first kappa shape index (κ1) is 18.2. The predicted octanol–water partition coefficient (Wildman–Crippen LogP) is 3.66. The summed E-state index contributed by atoms with van der Waals surface area (Å²) >= 11 is 0. The summed E-state index contributed by atoms with van der Waals surface area (Å²) in [5.74, 6) is -1.22. The maximum absolute atomic E-state index is 14.0. The number of ether oxygens (including phenoxy) is 2. The lowest BCUT2D eigenvalue weighted by molar-refractivity contribution is -0.111. The molecule has 0 saturated heterocycles. The molecule has 130 valence electrons. The van der Waals surface area contributed by atoms with E-state index in [0.29, 0.717) is 12.4 Å². The number of benzene rings is 2. The summed E-state index contributed by atoms with van der Waals surface area (Å²) in [6, 6.07) is 11.0. The number of amides is 1. The largest absolute Gasteiger partial charge is 0.493 e. The van der Waals surface area contributed by atoms with Gasteiger partial charge in [-0.2, -0.15) is 0 Å². The average Bonchev–Trinajstić information content (AvgIpc) is 2.62. The molecule has 0 fully saturated rings. The van der Waals surface area contributed by atoms with E-state index in [1.807, 2.05) is 19.1 Å². The Morgan fingerprint density at radius 1 is 1.20 bits per heavy atom. The standard InChI is InChI=1S/C19H18FNO4/c1-3-25-17-7-5-4-6-13(17)9-11-18(22)21-16-10-8-14(12-15(16)20)19(23)24-2/h4-12H,3H2,1-2H3,(H,21,22)/b11-9+. The van der Waals surface area contributed by atoms with E-state index in [2.05, 4.69) is 10.1 Å². The van der Waals surface area contributed by atoms with Gasteiger partial charge in [-0.1, -0.05) is 18.2 Å². The van der Waals surface area contributed by atoms with Gasteiger partial charge in [-0.15, -0.1) is 0 Å². The number of halogens is 1. The lowest BCUT2D eigenvalue weighted by Gasteiger charge is -2.07. The van der Waals surface area contributed by atoms with Crippen molar-refractivity contribution in [2.75, 3.05) is 19.0 Å². The van der Waals surface area contributed by atoms with E-state index in [4.69, 9.17) is 4.74 Å². The Bertz CT molecular complexity index is 802. The molecule has 6 heteroatoms. The summed E-state index contributed by atoms with van der Waals surface area (Å²) in [6.45, 7) is 2.38. The molecular formula is C19H18FNO4. The summed E-state index contributed by atoms with van der Waals surface area (Å²) in [5, 5.41) is 2.42. The Kier molecular flexibility index (Phi) is 6.28. The Hall–Kier alpha value is -3.15. The topological polar surface area (TPSA) is 64.6 Å². The minimum atomic E-state index is -0.723. The number of carbonyl (C=O) groups is 2. The fraction of sp³-hybridized carbons (Fsp3) is 0.158. The second-order valence-corrected chi connectivity index (χ2v) is 4.98. The zero-order valence-corrected chi connectivity index (χ0v) is 13.9. The quantitative estimate of drug-likeness (QED) is 0.642. The molecule has 0 aliphatic rings. The van der Waals surface area contributed by atoms with Gasteiger partial charge in [-0.05, 0) is 37.3 Å². The molecule has 0 unspecified atom stereocenters. The molecule has 2 aromatic rings. The smallest absolute Gasteiger partial charge is 0.337 e. The van der Waals surface area contributed by atoms with Crippen molar-refractivity contribution in [1.29, 1.82) is 0 Å². The molecule has 0 spiro atoms. The van der Waals surface area contributed by atoms with Crippen LogP contribution in [0.5, 0.6) is 5.75 Å². The number of carbonyl (C=O) groups excluding carboxylic acids is 2. The fourth-order valence-electron chi connectivity index (χ4n) is 2.11. The molecule has 0 atom stereocenters. The van der Waals surface area contributed by atoms with E-state index >= 15 is 0 Å². The molecule has 2 rings (SSSR count). The second kappa shape index (κ2) is 8.63. The van der Waals surface area contributed by atoms with Gasteiger partial charge in [0.05, 0.1) is 25.0 Å². The maximum Gasteiger partial charge on any atom is 0.337 e. The lowest BCUT2D eigenvalue weighted by atomic mass is 10.1. The van der Waals surface area contributed by atoms with Crippen LogP contribution in [0.3, 0.4) is 0 Å². The van der Waals surface area contributed by atoms with Gasteiger partial charge in [-0.25, -0.2) is 9.18 Å². The SMILES string of the molecule is CCOc1ccccc1/C=C/C(=O)Nc1ccc(C(=O)OC)cc1F. The summed E-state index contributed by atoms with van der Waals surface area (Å²) in [7, 11) is 1.21. The van der Waals surface area contributed by atoms with Crippen LogP contribution in [0, 0.1) is 5.82 Å². The van der Waals surface area contributed by atoms with Crippen molar-refractivity contribution in [3.8, 4) is 5.75 Å². The Morgan fingerprint density at radius 3 is 2.64 bits per heavy atom. The van der Waals surface area contributed by atoms with Crippen molar-refractivity contribution in [3.05, 3.63) is 65.5 Å². The van der Waals surface area contributed by atoms with Crippen molar-refractivity contribution in [2.24, 2.45) is 0 Å². The molecule has 0 saturated carbocycles. The van der Waals surface area contributed by atoms with Crippen molar-refractivity contribution in [3.63, 3.8) is 0 Å². The molecule has 0 aliphatic carbocycles. The van der Waals surface area contributed by atoms with Gasteiger partial charge >= 0.3 is 5.97 Å². The van der Waals surface area contributed by atoms with Crippen molar-refractivity contribution in [1.82, 2.24) is 0 Å². The molecule has 1 amide bonds. The highest BCUT2D eigenvalue weighted by atomic mass is 19.1. The van der Waals surface area contributed by atoms with Gasteiger partial charge in [0.25, 0.3) is 0 Å². The maximum atomic E-state index is 14.0. The second-order valence-electron chi connectivity index (χ2n) is 4.98. The molecule has 5 nitrogen and oxygen atoms in total. The Labute approximate surface area is 145 Å². The van der Waals surface area contributed by atoms with Crippen LogP contribution in [0.2, 0.25) is 0 Å². The fourth-order valence-corrected chi connectivity index (χ4v) is 2.11. The zero-order chi connectivity index (χ0) is 18.2. The van der Waals surface area contributed by atoms with E-state index in [9.17, 15) is 14.0 Å². The first-order valence-corrected chi connectivity index (χ1v) is 7.64. The van der Waals surface area contributed by atoms with Crippen molar-refractivity contribution < 1.29 is 23.5 Å². The number of anilines is 1. The van der Waals surface area contributed by atoms with E-state index in [1.165, 1.54) is 25.3 Å². The van der Waals surface area contributed by atoms with Crippen LogP contribution in [0.4, 0.5) is 10.1 Å². The van der Waals surface area contributed by atoms with Crippen molar-refractivity contribution in [2.45, 2.75) is 6.92 Å². The third kappa shape index (κ3) is 4.91. The highest BCUT2D eigenvalue weighted by Gasteiger charge is 2.11. The molecule has 1 N–H and O–H groups in total. The number of hydrogen-bond donors (Lipinski definition) is 1. The minimum Gasteiger partial charge on any atom is -0.493 e. The predicted molar refractivity (Wildman–Crippen MR) is 93.0 cm³/mol. The van der Waals surface area contributed by atoms with Gasteiger partial charge < -0.3 is 14.8 Å². The number of methoxy groups -OCH3 is 1. The van der Waals surface area contributed by atoms with Crippen LogP contribution in [0.1, 0.15) is 22.8 Å². The Morgan fingerprint density at radius 2 is 1.96 bits per heavy atom.